The maximum atomic E-state index is 12.5. The summed E-state index contributed by atoms with van der Waals surface area (Å²) in [6, 6.07) is -0.117. The van der Waals surface area contributed by atoms with Crippen molar-refractivity contribution >= 4 is 5.97 Å². The lowest BCUT2D eigenvalue weighted by Gasteiger charge is -2.16. The first-order valence-corrected chi connectivity index (χ1v) is 4.31. The fraction of sp³-hybridized carbons (Fsp3) is 0.333. The summed E-state index contributed by atoms with van der Waals surface area (Å²) in [5.74, 6) is -1.25. The molecule has 0 radical (unpaired) electrons. The van der Waals surface area contributed by atoms with E-state index in [-0.39, 0.29) is 5.56 Å². The van der Waals surface area contributed by atoms with Crippen LogP contribution in [0, 0.1) is 0 Å². The van der Waals surface area contributed by atoms with E-state index in [4.69, 9.17) is 10.8 Å². The summed E-state index contributed by atoms with van der Waals surface area (Å²) in [6.45, 7) is 0. The van der Waals surface area contributed by atoms with Crippen molar-refractivity contribution in [3.8, 4) is 0 Å². The monoisotopic (exact) mass is 234 g/mol. The van der Waals surface area contributed by atoms with Gasteiger partial charge in [0.05, 0.1) is 12.0 Å². The summed E-state index contributed by atoms with van der Waals surface area (Å²) < 4.78 is 37.5. The van der Waals surface area contributed by atoms with Crippen LogP contribution in [-0.2, 0) is 11.0 Å². The Morgan fingerprint density at radius 1 is 1.56 bits per heavy atom. The van der Waals surface area contributed by atoms with E-state index in [0.29, 0.717) is 6.20 Å². The Morgan fingerprint density at radius 2 is 2.19 bits per heavy atom. The molecule has 1 atom stereocenters. The van der Waals surface area contributed by atoms with Gasteiger partial charge in [-0.15, -0.1) is 0 Å². The normalized spacial score (nSPS) is 13.5. The van der Waals surface area contributed by atoms with Crippen LogP contribution in [0.25, 0.3) is 0 Å². The molecule has 7 heteroatoms. The quantitative estimate of drug-likeness (QED) is 0.832. The third kappa shape index (κ3) is 2.93. The molecule has 0 aromatic carbocycles. The van der Waals surface area contributed by atoms with Crippen molar-refractivity contribution in [2.75, 3.05) is 0 Å². The zero-order valence-corrected chi connectivity index (χ0v) is 8.03. The Morgan fingerprint density at radius 3 is 2.69 bits per heavy atom. The van der Waals surface area contributed by atoms with E-state index in [1.54, 1.807) is 0 Å². The highest BCUT2D eigenvalue weighted by Crippen LogP contribution is 2.33. The predicted molar refractivity (Wildman–Crippen MR) is 48.4 cm³/mol. The summed E-state index contributed by atoms with van der Waals surface area (Å²) in [4.78, 5) is 13.7. The number of nitrogens with zero attached hydrogens (tertiary/aromatic N) is 1. The highest BCUT2D eigenvalue weighted by atomic mass is 19.4. The number of halogens is 3. The summed E-state index contributed by atoms with van der Waals surface area (Å²) in [7, 11) is 0. The molecule has 0 saturated heterocycles. The number of hydrogen-bond donors (Lipinski definition) is 2. The van der Waals surface area contributed by atoms with Gasteiger partial charge < -0.3 is 10.8 Å². The third-order valence-electron chi connectivity index (χ3n) is 1.95. The second-order valence-electron chi connectivity index (χ2n) is 3.17. The lowest BCUT2D eigenvalue weighted by molar-refractivity contribution is -0.140. The number of nitrogens with two attached hydrogens (primary N) is 1. The SMILES string of the molecule is NC(CC(=O)O)c1ccncc1C(F)(F)F. The molecule has 1 heterocycles. The van der Waals surface area contributed by atoms with Gasteiger partial charge in [0.1, 0.15) is 0 Å². The molecule has 0 fully saturated rings. The first-order chi connectivity index (χ1) is 7.32. The van der Waals surface area contributed by atoms with Crippen LogP contribution in [-0.4, -0.2) is 16.1 Å². The molecule has 0 aliphatic heterocycles. The molecule has 1 aromatic rings. The highest BCUT2D eigenvalue weighted by Gasteiger charge is 2.35. The second kappa shape index (κ2) is 4.48. The molecule has 0 bridgehead atoms. The number of carboxylic acid groups (broad SMARTS) is 1. The van der Waals surface area contributed by atoms with Crippen molar-refractivity contribution in [1.29, 1.82) is 0 Å². The minimum absolute atomic E-state index is 0.259. The lowest BCUT2D eigenvalue weighted by Crippen LogP contribution is -2.20. The number of carboxylic acids is 1. The van der Waals surface area contributed by atoms with E-state index in [1.165, 1.54) is 0 Å². The van der Waals surface area contributed by atoms with Crippen LogP contribution in [0.1, 0.15) is 23.6 Å². The fourth-order valence-corrected chi connectivity index (χ4v) is 1.26. The summed E-state index contributed by atoms with van der Waals surface area (Å²) in [5.41, 5.74) is 4.13. The topological polar surface area (TPSA) is 76.2 Å². The maximum Gasteiger partial charge on any atom is 0.418 e. The van der Waals surface area contributed by atoms with Crippen molar-refractivity contribution in [2.24, 2.45) is 5.73 Å². The number of hydrogen-bond acceptors (Lipinski definition) is 3. The van der Waals surface area contributed by atoms with Crippen LogP contribution in [0.3, 0.4) is 0 Å². The molecule has 88 valence electrons. The molecule has 1 rings (SSSR count). The van der Waals surface area contributed by atoms with Gasteiger partial charge in [0.2, 0.25) is 0 Å². The van der Waals surface area contributed by atoms with Gasteiger partial charge in [0.25, 0.3) is 0 Å². The molecule has 1 unspecified atom stereocenters. The van der Waals surface area contributed by atoms with Crippen molar-refractivity contribution < 1.29 is 23.1 Å². The zero-order valence-electron chi connectivity index (χ0n) is 8.03. The van der Waals surface area contributed by atoms with Crippen molar-refractivity contribution in [3.05, 3.63) is 29.6 Å². The number of aliphatic carboxylic acids is 1. The van der Waals surface area contributed by atoms with Crippen LogP contribution in [0.4, 0.5) is 13.2 Å². The Hall–Kier alpha value is -1.63. The largest absolute Gasteiger partial charge is 0.481 e. The molecular weight excluding hydrogens is 225 g/mol. The second-order valence-corrected chi connectivity index (χ2v) is 3.17. The van der Waals surface area contributed by atoms with Crippen LogP contribution >= 0.6 is 0 Å². The van der Waals surface area contributed by atoms with Gasteiger partial charge in [-0.25, -0.2) is 0 Å². The smallest absolute Gasteiger partial charge is 0.418 e. The van der Waals surface area contributed by atoms with E-state index in [0.717, 1.165) is 12.3 Å². The van der Waals surface area contributed by atoms with Gasteiger partial charge >= 0.3 is 12.1 Å². The Balaban J connectivity index is 3.08. The molecule has 4 nitrogen and oxygen atoms in total. The van der Waals surface area contributed by atoms with E-state index >= 15 is 0 Å². The third-order valence-corrected chi connectivity index (χ3v) is 1.95. The maximum absolute atomic E-state index is 12.5. The highest BCUT2D eigenvalue weighted by molar-refractivity contribution is 5.68. The average molecular weight is 234 g/mol. The van der Waals surface area contributed by atoms with Crippen molar-refractivity contribution in [1.82, 2.24) is 4.98 Å². The van der Waals surface area contributed by atoms with Gasteiger partial charge in [-0.1, -0.05) is 0 Å². The molecule has 0 amide bonds. The van der Waals surface area contributed by atoms with Crippen LogP contribution in [0.5, 0.6) is 0 Å². The molecule has 0 aliphatic rings. The minimum Gasteiger partial charge on any atom is -0.481 e. The fourth-order valence-electron chi connectivity index (χ4n) is 1.26. The number of pyridine rings is 1. The number of aromatic nitrogens is 1. The Labute approximate surface area is 88.9 Å². The molecular formula is C9H9F3N2O2. The van der Waals surface area contributed by atoms with E-state index in [9.17, 15) is 18.0 Å². The Kier molecular flexibility index (Phi) is 3.48. The van der Waals surface area contributed by atoms with E-state index in [2.05, 4.69) is 4.98 Å². The molecule has 0 spiro atoms. The van der Waals surface area contributed by atoms with E-state index in [1.807, 2.05) is 0 Å². The molecule has 0 aliphatic carbocycles. The molecule has 3 N–H and O–H groups in total. The first kappa shape index (κ1) is 12.4. The van der Waals surface area contributed by atoms with Crippen LogP contribution < -0.4 is 5.73 Å². The van der Waals surface area contributed by atoms with Gasteiger partial charge in [0.15, 0.2) is 0 Å². The minimum atomic E-state index is -4.58. The Bertz CT molecular complexity index is 393. The van der Waals surface area contributed by atoms with Crippen molar-refractivity contribution in [2.45, 2.75) is 18.6 Å². The number of rotatable bonds is 3. The van der Waals surface area contributed by atoms with Crippen LogP contribution in [0.2, 0.25) is 0 Å². The number of carbonyl (C=O) groups is 1. The van der Waals surface area contributed by atoms with Crippen molar-refractivity contribution in [3.63, 3.8) is 0 Å². The molecule has 16 heavy (non-hydrogen) atoms. The average Bonchev–Trinajstić information content (AvgIpc) is 2.15. The van der Waals surface area contributed by atoms with Gasteiger partial charge in [-0.05, 0) is 11.6 Å². The van der Waals surface area contributed by atoms with Gasteiger partial charge in [-0.2, -0.15) is 13.2 Å². The number of alkyl halides is 3. The van der Waals surface area contributed by atoms with E-state index < -0.39 is 30.2 Å². The lowest BCUT2D eigenvalue weighted by atomic mass is 10.0. The summed E-state index contributed by atoms with van der Waals surface area (Å²) in [5, 5.41) is 8.46. The van der Waals surface area contributed by atoms with Gasteiger partial charge in [-0.3, -0.25) is 9.78 Å². The molecule has 0 saturated carbocycles. The predicted octanol–water partition coefficient (Wildman–Crippen LogP) is 1.57. The summed E-state index contributed by atoms with van der Waals surface area (Å²) >= 11 is 0. The van der Waals surface area contributed by atoms with Crippen LogP contribution in [0.15, 0.2) is 18.5 Å². The molecule has 1 aromatic heterocycles. The summed E-state index contributed by atoms with van der Waals surface area (Å²) in [6.07, 6.45) is -3.36. The first-order valence-electron chi connectivity index (χ1n) is 4.31. The van der Waals surface area contributed by atoms with Gasteiger partial charge in [0, 0.05) is 18.4 Å². The standard InChI is InChI=1S/C9H9F3N2O2/c10-9(11,12)6-4-14-2-1-5(6)7(13)3-8(15)16/h1-2,4,7H,3,13H2,(H,15,16). The zero-order chi connectivity index (χ0) is 12.3.